The van der Waals surface area contributed by atoms with Crippen LogP contribution in [0, 0.1) is 5.92 Å². The molecule has 1 atom stereocenters. The van der Waals surface area contributed by atoms with Crippen LogP contribution in [0.25, 0.3) is 0 Å². The van der Waals surface area contributed by atoms with Crippen molar-refractivity contribution in [3.05, 3.63) is 0 Å². The van der Waals surface area contributed by atoms with E-state index in [4.69, 9.17) is 0 Å². The highest BCUT2D eigenvalue weighted by Gasteiger charge is 2.22. The van der Waals surface area contributed by atoms with E-state index in [1.807, 2.05) is 13.8 Å². The normalized spacial score (nSPS) is 21.6. The van der Waals surface area contributed by atoms with Crippen molar-refractivity contribution in [2.45, 2.75) is 32.7 Å². The molecule has 0 spiro atoms. The molecule has 0 bridgehead atoms. The lowest BCUT2D eigenvalue weighted by Crippen LogP contribution is -2.45. The van der Waals surface area contributed by atoms with Gasteiger partial charge < -0.3 is 5.32 Å². The van der Waals surface area contributed by atoms with Crippen molar-refractivity contribution in [2.75, 3.05) is 26.7 Å². The second-order valence-electron chi connectivity index (χ2n) is 4.68. The lowest BCUT2D eigenvalue weighted by molar-refractivity contribution is 0.362. The summed E-state index contributed by atoms with van der Waals surface area (Å²) in [6.07, 6.45) is 2.23. The summed E-state index contributed by atoms with van der Waals surface area (Å²) in [5.41, 5.74) is 0. The van der Waals surface area contributed by atoms with Crippen molar-refractivity contribution in [2.24, 2.45) is 5.92 Å². The fourth-order valence-corrected chi connectivity index (χ4v) is 2.91. The molecular weight excluding hydrogens is 262 g/mol. The molecule has 1 rings (SSSR count). The van der Waals surface area contributed by atoms with E-state index in [1.165, 1.54) is 4.31 Å². The fourth-order valence-electron chi connectivity index (χ4n) is 1.70. The van der Waals surface area contributed by atoms with E-state index in [9.17, 15) is 8.42 Å². The van der Waals surface area contributed by atoms with Gasteiger partial charge in [-0.1, -0.05) is 0 Å². The molecular formula is C10H24ClN3O2S. The third-order valence-electron chi connectivity index (χ3n) is 3.06. The molecule has 1 fully saturated rings. The van der Waals surface area contributed by atoms with Crippen LogP contribution in [0.1, 0.15) is 26.7 Å². The Hall–Kier alpha value is 0.120. The van der Waals surface area contributed by atoms with Gasteiger partial charge in [-0.2, -0.15) is 12.7 Å². The zero-order valence-electron chi connectivity index (χ0n) is 10.8. The van der Waals surface area contributed by atoms with Gasteiger partial charge in [-0.15, -0.1) is 12.4 Å². The molecule has 1 heterocycles. The van der Waals surface area contributed by atoms with E-state index < -0.39 is 10.2 Å². The highest BCUT2D eigenvalue weighted by molar-refractivity contribution is 7.87. The van der Waals surface area contributed by atoms with Gasteiger partial charge in [0, 0.05) is 19.6 Å². The molecule has 1 aliphatic heterocycles. The van der Waals surface area contributed by atoms with Crippen molar-refractivity contribution < 1.29 is 8.42 Å². The van der Waals surface area contributed by atoms with Crippen LogP contribution in [-0.2, 0) is 10.2 Å². The summed E-state index contributed by atoms with van der Waals surface area (Å²) in [6.45, 7) is 6.22. The highest BCUT2D eigenvalue weighted by Crippen LogP contribution is 2.09. The van der Waals surface area contributed by atoms with Gasteiger partial charge in [0.2, 0.25) is 0 Å². The van der Waals surface area contributed by atoms with E-state index in [-0.39, 0.29) is 18.4 Å². The van der Waals surface area contributed by atoms with Gasteiger partial charge in [0.25, 0.3) is 10.2 Å². The Bertz CT molecular complexity index is 303. The lowest BCUT2D eigenvalue weighted by atomic mass is 10.0. The van der Waals surface area contributed by atoms with Crippen molar-refractivity contribution in [3.63, 3.8) is 0 Å². The van der Waals surface area contributed by atoms with E-state index in [0.717, 1.165) is 25.9 Å². The fraction of sp³-hybridized carbons (Fsp3) is 1.00. The molecule has 0 aromatic carbocycles. The first kappa shape index (κ1) is 17.1. The van der Waals surface area contributed by atoms with Gasteiger partial charge in [0.05, 0.1) is 0 Å². The molecule has 0 saturated carbocycles. The van der Waals surface area contributed by atoms with Crippen LogP contribution in [0.15, 0.2) is 0 Å². The van der Waals surface area contributed by atoms with Crippen LogP contribution in [-0.4, -0.2) is 45.4 Å². The molecule has 2 N–H and O–H groups in total. The molecule has 0 aliphatic carbocycles. The van der Waals surface area contributed by atoms with Crippen LogP contribution in [0.5, 0.6) is 0 Å². The van der Waals surface area contributed by atoms with Gasteiger partial charge in [-0.25, -0.2) is 4.72 Å². The SMILES string of the molecule is CC(C)N(C)S(=O)(=O)NCC1CCCNC1.Cl. The molecule has 104 valence electrons. The molecule has 1 saturated heterocycles. The maximum Gasteiger partial charge on any atom is 0.279 e. The first-order valence-electron chi connectivity index (χ1n) is 5.87. The van der Waals surface area contributed by atoms with Crippen LogP contribution in [0.2, 0.25) is 0 Å². The van der Waals surface area contributed by atoms with Gasteiger partial charge >= 0.3 is 0 Å². The van der Waals surface area contributed by atoms with E-state index in [0.29, 0.717) is 12.5 Å². The summed E-state index contributed by atoms with van der Waals surface area (Å²) in [7, 11) is -1.70. The maximum absolute atomic E-state index is 11.8. The van der Waals surface area contributed by atoms with Crippen molar-refractivity contribution in [1.29, 1.82) is 0 Å². The smallest absolute Gasteiger partial charge is 0.279 e. The molecule has 7 heteroatoms. The molecule has 5 nitrogen and oxygen atoms in total. The minimum Gasteiger partial charge on any atom is -0.316 e. The summed E-state index contributed by atoms with van der Waals surface area (Å²) in [6, 6.07) is -0.0121. The first-order valence-corrected chi connectivity index (χ1v) is 7.31. The summed E-state index contributed by atoms with van der Waals surface area (Å²) in [5.74, 6) is 0.420. The number of nitrogens with one attached hydrogen (secondary N) is 2. The number of piperidine rings is 1. The number of halogens is 1. The summed E-state index contributed by atoms with van der Waals surface area (Å²) in [5, 5.41) is 3.27. The zero-order valence-corrected chi connectivity index (χ0v) is 12.4. The van der Waals surface area contributed by atoms with E-state index >= 15 is 0 Å². The van der Waals surface area contributed by atoms with Gasteiger partial charge in [-0.05, 0) is 45.7 Å². The standard InChI is InChI=1S/C10H23N3O2S.ClH/c1-9(2)13(3)16(14,15)12-8-10-5-4-6-11-7-10;/h9-12H,4-8H2,1-3H3;1H. The molecule has 0 aromatic heterocycles. The Morgan fingerprint density at radius 3 is 2.59 bits per heavy atom. The predicted molar refractivity (Wildman–Crippen MR) is 72.7 cm³/mol. The van der Waals surface area contributed by atoms with Crippen LogP contribution in [0.4, 0.5) is 0 Å². The maximum atomic E-state index is 11.8. The van der Waals surface area contributed by atoms with Crippen LogP contribution >= 0.6 is 12.4 Å². The molecule has 0 amide bonds. The summed E-state index contributed by atoms with van der Waals surface area (Å²) in [4.78, 5) is 0. The minimum absolute atomic E-state index is 0. The average Bonchev–Trinajstić information content (AvgIpc) is 2.27. The van der Waals surface area contributed by atoms with Gasteiger partial charge in [0.1, 0.15) is 0 Å². The molecule has 0 radical (unpaired) electrons. The second kappa shape index (κ2) is 7.53. The van der Waals surface area contributed by atoms with E-state index in [1.54, 1.807) is 7.05 Å². The third-order valence-corrected chi connectivity index (χ3v) is 4.77. The highest BCUT2D eigenvalue weighted by atomic mass is 35.5. The topological polar surface area (TPSA) is 61.4 Å². The lowest BCUT2D eigenvalue weighted by Gasteiger charge is -2.26. The van der Waals surface area contributed by atoms with Crippen LogP contribution < -0.4 is 10.0 Å². The van der Waals surface area contributed by atoms with Crippen molar-refractivity contribution >= 4 is 22.6 Å². The molecule has 17 heavy (non-hydrogen) atoms. The zero-order chi connectivity index (χ0) is 12.2. The molecule has 1 aliphatic rings. The van der Waals surface area contributed by atoms with Gasteiger partial charge in [-0.3, -0.25) is 0 Å². The number of rotatable bonds is 5. The molecule has 0 aromatic rings. The van der Waals surface area contributed by atoms with Crippen molar-refractivity contribution in [1.82, 2.24) is 14.3 Å². The monoisotopic (exact) mass is 285 g/mol. The third kappa shape index (κ3) is 5.52. The Morgan fingerprint density at radius 2 is 2.12 bits per heavy atom. The summed E-state index contributed by atoms with van der Waals surface area (Å²) >= 11 is 0. The van der Waals surface area contributed by atoms with Crippen molar-refractivity contribution in [3.8, 4) is 0 Å². The Kier molecular flexibility index (Phi) is 7.58. The van der Waals surface area contributed by atoms with Gasteiger partial charge in [0.15, 0.2) is 0 Å². The number of hydrogen-bond donors (Lipinski definition) is 2. The number of hydrogen-bond acceptors (Lipinski definition) is 3. The largest absolute Gasteiger partial charge is 0.316 e. The summed E-state index contributed by atoms with van der Waals surface area (Å²) < 4.78 is 27.7. The number of nitrogens with zero attached hydrogens (tertiary/aromatic N) is 1. The van der Waals surface area contributed by atoms with Crippen LogP contribution in [0.3, 0.4) is 0 Å². The predicted octanol–water partition coefficient (Wildman–Crippen LogP) is 0.582. The first-order chi connectivity index (χ1) is 7.43. The quantitative estimate of drug-likeness (QED) is 0.777. The average molecular weight is 286 g/mol. The van der Waals surface area contributed by atoms with E-state index in [2.05, 4.69) is 10.0 Å². The Labute approximate surface area is 111 Å². The Morgan fingerprint density at radius 1 is 1.47 bits per heavy atom. The minimum atomic E-state index is -3.30. The second-order valence-corrected chi connectivity index (χ2v) is 6.49. The Balaban J connectivity index is 0.00000256. The molecule has 1 unspecified atom stereocenters.